The first-order valence-electron chi connectivity index (χ1n) is 33.6. The van der Waals surface area contributed by atoms with Crippen molar-refractivity contribution in [2.75, 3.05) is 88.5 Å². The average Bonchev–Trinajstić information content (AvgIpc) is 1.46. The van der Waals surface area contributed by atoms with Crippen molar-refractivity contribution in [3.63, 3.8) is 0 Å². The molecule has 23 nitrogen and oxygen atoms in total. The van der Waals surface area contributed by atoms with Gasteiger partial charge >= 0.3 is 30.0 Å². The quantitative estimate of drug-likeness (QED) is 0.0599. The van der Waals surface area contributed by atoms with Crippen LogP contribution in [0.2, 0.25) is 10.0 Å². The SMILES string of the molecule is CCOC(=O)C1=C(CN2CCN3C(=O)N(c4ccc(-c5ccc(C(C)(C)C(C)=O)cc5)cc4)C[C@@H]3C2)NC(c2nccs2)=N[C@H]1c1ccc(F)cc1Br.CCOC(=O)C1=C(CN2CCN3C(=O)N(c4ccc(Oc5cccc(C(=O)O)c5)cn4)C[C@@H]3C2)NC(c2nccs2)=N[C@H]1c1ccc(Cl)cc1Cl. The monoisotopic (exact) mass is 1550 g/mol. The fraction of sp³-hybridized carbons (Fsp3) is 0.293. The Labute approximate surface area is 625 Å². The van der Waals surface area contributed by atoms with Crippen molar-refractivity contribution in [3.8, 4) is 22.6 Å². The van der Waals surface area contributed by atoms with Crippen molar-refractivity contribution in [2.45, 2.75) is 64.2 Å². The van der Waals surface area contributed by atoms with Crippen LogP contribution in [-0.2, 0) is 29.3 Å². The molecule has 0 saturated carbocycles. The number of hydrogen-bond acceptors (Lipinski definition) is 20. The summed E-state index contributed by atoms with van der Waals surface area (Å²) in [6, 6.07) is 33.2. The summed E-state index contributed by atoms with van der Waals surface area (Å²) < 4.78 is 31.5. The van der Waals surface area contributed by atoms with E-state index in [-0.39, 0.29) is 48.7 Å². The molecule has 3 aromatic heterocycles. The van der Waals surface area contributed by atoms with E-state index in [9.17, 15) is 38.3 Å². The van der Waals surface area contributed by atoms with Gasteiger partial charge in [-0.15, -0.1) is 22.7 Å². The zero-order valence-electron chi connectivity index (χ0n) is 57.1. The predicted octanol–water partition coefficient (Wildman–Crippen LogP) is 13.0. The molecule has 4 saturated heterocycles. The van der Waals surface area contributed by atoms with E-state index in [1.165, 1.54) is 53.1 Å². The second-order valence-corrected chi connectivity index (χ2v) is 29.3. The number of thiazole rings is 2. The van der Waals surface area contributed by atoms with Gasteiger partial charge in [0.2, 0.25) is 0 Å². The second kappa shape index (κ2) is 31.3. The molecule has 29 heteroatoms. The zero-order chi connectivity index (χ0) is 73.1. The number of anilines is 2. The first-order chi connectivity index (χ1) is 50.1. The third-order valence-corrected chi connectivity index (χ3v) is 21.8. The van der Waals surface area contributed by atoms with E-state index in [1.807, 2.05) is 87.8 Å². The number of esters is 2. The molecule has 4 atom stereocenters. The van der Waals surface area contributed by atoms with Gasteiger partial charge in [0.1, 0.15) is 41.0 Å². The topological polar surface area (TPSA) is 257 Å². The number of halogens is 4. The highest BCUT2D eigenvalue weighted by Gasteiger charge is 2.45. The van der Waals surface area contributed by atoms with Gasteiger partial charge in [0.25, 0.3) is 0 Å². The molecule has 0 radical (unpaired) electrons. The number of pyridine rings is 1. The number of ketones is 1. The molecule has 6 aliphatic rings. The highest BCUT2D eigenvalue weighted by atomic mass is 79.9. The van der Waals surface area contributed by atoms with Crippen molar-refractivity contribution in [3.05, 3.63) is 226 Å². The number of carboxylic acids is 1. The molecule has 536 valence electrons. The van der Waals surface area contributed by atoms with Crippen LogP contribution in [0.1, 0.15) is 83.8 Å². The summed E-state index contributed by atoms with van der Waals surface area (Å²) in [5, 5.41) is 21.9. The Hall–Kier alpha value is -9.74. The lowest BCUT2D eigenvalue weighted by Gasteiger charge is -2.38. The first-order valence-corrected chi connectivity index (χ1v) is 36.9. The number of aromatic nitrogens is 3. The summed E-state index contributed by atoms with van der Waals surface area (Å²) in [6.45, 7) is 14.3. The number of rotatable bonds is 20. The molecule has 0 bridgehead atoms. The van der Waals surface area contributed by atoms with E-state index in [0.717, 1.165) is 22.4 Å². The Balaban J connectivity index is 0.000000185. The molecule has 9 heterocycles. The maximum Gasteiger partial charge on any atom is 0.338 e. The number of carbonyl (C=O) groups excluding carboxylic acids is 5. The van der Waals surface area contributed by atoms with E-state index in [1.54, 1.807) is 86.6 Å². The van der Waals surface area contributed by atoms with Gasteiger partial charge < -0.3 is 39.8 Å². The number of amidine groups is 2. The molecule has 3 N–H and O–H groups in total. The molecule has 5 aromatic carbocycles. The van der Waals surface area contributed by atoms with Gasteiger partial charge in [-0.1, -0.05) is 93.7 Å². The van der Waals surface area contributed by atoms with Gasteiger partial charge in [0.05, 0.1) is 54.7 Å². The number of hydrogen-bond donors (Lipinski definition) is 3. The highest BCUT2D eigenvalue weighted by Crippen LogP contribution is 2.41. The maximum atomic E-state index is 14.2. The number of piperazine rings is 2. The lowest BCUT2D eigenvalue weighted by molar-refractivity contribution is -0.139. The zero-order valence-corrected chi connectivity index (χ0v) is 61.8. The van der Waals surface area contributed by atoms with Crippen molar-refractivity contribution < 1.29 is 52.5 Å². The summed E-state index contributed by atoms with van der Waals surface area (Å²) in [4.78, 5) is 113. The molecule has 4 amide bonds. The molecule has 14 rings (SSSR count). The van der Waals surface area contributed by atoms with Crippen molar-refractivity contribution in [1.82, 2.24) is 45.2 Å². The summed E-state index contributed by atoms with van der Waals surface area (Å²) in [5.41, 5.74) is 6.59. The molecule has 0 spiro atoms. The number of nitrogens with zero attached hydrogens (tertiary/aromatic N) is 11. The third kappa shape index (κ3) is 15.6. The number of benzene rings is 5. The molecule has 0 unspecified atom stereocenters. The number of aliphatic imine (C=N–C) groups is 2. The standard InChI is InChI=1S/C40H40BrFN6O4S.C35H31Cl2N7O6S/c1-5-52-38(50)34-33(44-36(37-43-16-19-53-37)45-35(34)31-15-12-28(42)20-32(31)41)23-46-17-18-47-30(21-46)22-48(39(47)51)29-13-8-26(9-14-29)25-6-10-27(11-7-25)40(3,4)24(2)49;1-2-49-34(47)29-27(40-31(32-38-10-13-51-32)41-30(29)25-8-6-21(36)15-26(25)37)19-42-11-12-43-22(17-42)18-44(35(43)48)28-9-7-24(16-39-28)50-23-5-3-4-20(14-23)33(45)46/h6-16,19-20,30,35H,5,17-18,21-23H2,1-4H3,(H,44,45);3-10,13-16,22,30H,2,11-12,17-19H2,1H3,(H,40,41)(H,45,46)/t30-,35-;22-,30-/m00/s1. The van der Waals surface area contributed by atoms with Gasteiger partial charge in [-0.3, -0.25) is 34.4 Å². The summed E-state index contributed by atoms with van der Waals surface area (Å²) in [7, 11) is 0. The number of ether oxygens (including phenoxy) is 3. The van der Waals surface area contributed by atoms with E-state index < -0.39 is 41.2 Å². The molecule has 104 heavy (non-hydrogen) atoms. The summed E-state index contributed by atoms with van der Waals surface area (Å²) in [5.74, 6) is -0.0813. The van der Waals surface area contributed by atoms with Crippen LogP contribution in [0.4, 0.5) is 25.5 Å². The van der Waals surface area contributed by atoms with Gasteiger partial charge in [-0.2, -0.15) is 0 Å². The smallest absolute Gasteiger partial charge is 0.338 e. The Kier molecular flexibility index (Phi) is 21.9. The molecule has 0 aliphatic carbocycles. The summed E-state index contributed by atoms with van der Waals surface area (Å²) >= 11 is 19.2. The molecular formula is C75H71BrCl2FN13O10S2. The van der Waals surface area contributed by atoms with Crippen molar-refractivity contribution >= 4 is 121 Å². The minimum Gasteiger partial charge on any atom is -0.478 e. The third-order valence-electron chi connectivity index (χ3n) is 19.0. The van der Waals surface area contributed by atoms with Crippen LogP contribution in [0.5, 0.6) is 11.5 Å². The Morgan fingerprint density at radius 3 is 1.73 bits per heavy atom. The van der Waals surface area contributed by atoms with Crippen LogP contribution in [-0.4, -0.2) is 178 Å². The first kappa shape index (κ1) is 72.6. The second-order valence-electron chi connectivity index (χ2n) is 25.8. The Morgan fingerprint density at radius 2 is 1.21 bits per heavy atom. The van der Waals surface area contributed by atoms with Crippen LogP contribution in [0, 0.1) is 5.82 Å². The van der Waals surface area contributed by atoms with Crippen LogP contribution in [0.3, 0.4) is 0 Å². The fourth-order valence-electron chi connectivity index (χ4n) is 13.4. The van der Waals surface area contributed by atoms with Crippen molar-refractivity contribution in [1.29, 1.82) is 0 Å². The number of Topliss-reactive ketones (excluding diaryl/α,β-unsaturated/α-hetero) is 1. The van der Waals surface area contributed by atoms with Crippen LogP contribution < -0.4 is 25.2 Å². The number of fused-ring (bicyclic) bond motifs is 2. The molecule has 8 aromatic rings. The van der Waals surface area contributed by atoms with Crippen LogP contribution >= 0.6 is 61.8 Å². The Morgan fingerprint density at radius 1 is 0.654 bits per heavy atom. The number of amides is 4. The van der Waals surface area contributed by atoms with E-state index in [0.29, 0.717) is 153 Å². The Bertz CT molecular complexity index is 4740. The van der Waals surface area contributed by atoms with E-state index in [4.69, 9.17) is 47.4 Å². The number of nitrogens with one attached hydrogen (secondary N) is 2. The summed E-state index contributed by atoms with van der Waals surface area (Å²) in [6.07, 6.45) is 4.89. The molecular weight excluding hydrogens is 1480 g/mol. The minimum absolute atomic E-state index is 0.0279. The lowest BCUT2D eigenvalue weighted by atomic mass is 9.81. The highest BCUT2D eigenvalue weighted by molar-refractivity contribution is 9.10. The number of carbonyl (C=O) groups is 6. The largest absolute Gasteiger partial charge is 0.478 e. The predicted molar refractivity (Wildman–Crippen MR) is 400 cm³/mol. The average molecular weight is 1550 g/mol. The number of aromatic carboxylic acids is 1. The lowest BCUT2D eigenvalue weighted by Crippen LogP contribution is -2.53. The van der Waals surface area contributed by atoms with Crippen LogP contribution in [0.25, 0.3) is 11.1 Å². The number of carboxylic acid groups (broad SMARTS) is 1. The number of urea groups is 2. The fourth-order valence-corrected chi connectivity index (χ4v) is 15.6. The normalized spacial score (nSPS) is 19.1. The van der Waals surface area contributed by atoms with Gasteiger partial charge in [0.15, 0.2) is 21.7 Å². The van der Waals surface area contributed by atoms with Gasteiger partial charge in [-0.05, 0) is 124 Å². The molecule has 4 fully saturated rings. The van der Waals surface area contributed by atoms with Gasteiger partial charge in [-0.25, -0.2) is 43.3 Å². The van der Waals surface area contributed by atoms with E-state index in [2.05, 4.69) is 51.3 Å². The van der Waals surface area contributed by atoms with Gasteiger partial charge in [0, 0.05) is 125 Å². The van der Waals surface area contributed by atoms with Crippen LogP contribution in [0.15, 0.2) is 188 Å². The minimum atomic E-state index is -1.05. The van der Waals surface area contributed by atoms with Crippen molar-refractivity contribution in [2.24, 2.45) is 9.98 Å². The van der Waals surface area contributed by atoms with E-state index >= 15 is 0 Å². The molecule has 6 aliphatic heterocycles. The maximum absolute atomic E-state index is 14.2.